The van der Waals surface area contributed by atoms with Gasteiger partial charge in [-0.1, -0.05) is 6.07 Å². The molecule has 1 aromatic carbocycles. The lowest BCUT2D eigenvalue weighted by Gasteiger charge is -2.25. The fourth-order valence-electron chi connectivity index (χ4n) is 1.45. The van der Waals surface area contributed by atoms with Gasteiger partial charge in [0, 0.05) is 16.6 Å². The van der Waals surface area contributed by atoms with E-state index >= 15 is 0 Å². The Morgan fingerprint density at radius 1 is 1.00 bits per heavy atom. The first-order valence-electron chi connectivity index (χ1n) is 5.04. The van der Waals surface area contributed by atoms with E-state index in [1.54, 1.807) is 6.07 Å². The molecule has 0 aliphatic carbocycles. The topological polar surface area (TPSA) is 72.3 Å². The van der Waals surface area contributed by atoms with Crippen LogP contribution in [0, 0.1) is 0 Å². The molecule has 15 heavy (non-hydrogen) atoms. The molecule has 0 heterocycles. The van der Waals surface area contributed by atoms with E-state index in [2.05, 4.69) is 0 Å². The van der Waals surface area contributed by atoms with E-state index in [-0.39, 0.29) is 5.75 Å². The molecule has 1 aromatic rings. The minimum absolute atomic E-state index is 0.218. The van der Waals surface area contributed by atoms with Crippen LogP contribution in [-0.4, -0.2) is 5.11 Å². The third-order valence-corrected chi connectivity index (χ3v) is 2.43. The number of rotatable bonds is 2. The van der Waals surface area contributed by atoms with Gasteiger partial charge in [0.1, 0.15) is 5.75 Å². The maximum atomic E-state index is 9.72. The van der Waals surface area contributed by atoms with Crippen molar-refractivity contribution in [1.29, 1.82) is 0 Å². The Hall–Kier alpha value is -1.06. The second kappa shape index (κ2) is 3.51. The molecule has 1 rings (SSSR count). The van der Waals surface area contributed by atoms with Gasteiger partial charge in [-0.3, -0.25) is 0 Å². The highest BCUT2D eigenvalue weighted by molar-refractivity contribution is 5.42. The molecule has 0 unspecified atom stereocenters. The van der Waals surface area contributed by atoms with Crippen molar-refractivity contribution >= 4 is 0 Å². The quantitative estimate of drug-likeness (QED) is 0.693. The average Bonchev–Trinajstić information content (AvgIpc) is 2.00. The summed E-state index contributed by atoms with van der Waals surface area (Å²) in [6.45, 7) is 7.56. The molecule has 0 aromatic heterocycles. The van der Waals surface area contributed by atoms with Crippen LogP contribution >= 0.6 is 0 Å². The molecule has 0 atom stereocenters. The van der Waals surface area contributed by atoms with E-state index in [1.165, 1.54) is 0 Å². The minimum atomic E-state index is -0.564. The fraction of sp³-hybridized carbons (Fsp3) is 0.500. The average molecular weight is 208 g/mol. The number of nitrogens with two attached hydrogens (primary N) is 2. The zero-order valence-corrected chi connectivity index (χ0v) is 9.83. The third-order valence-electron chi connectivity index (χ3n) is 2.43. The van der Waals surface area contributed by atoms with Crippen LogP contribution in [0.5, 0.6) is 5.75 Å². The molecule has 0 saturated heterocycles. The Labute approximate surface area is 91.1 Å². The fourth-order valence-corrected chi connectivity index (χ4v) is 1.45. The van der Waals surface area contributed by atoms with E-state index in [0.29, 0.717) is 0 Å². The Bertz CT molecular complexity index is 359. The van der Waals surface area contributed by atoms with Gasteiger partial charge in [0.15, 0.2) is 0 Å². The molecule has 0 aliphatic rings. The van der Waals surface area contributed by atoms with Crippen molar-refractivity contribution in [2.24, 2.45) is 11.5 Å². The van der Waals surface area contributed by atoms with Gasteiger partial charge in [-0.25, -0.2) is 0 Å². The molecule has 0 spiro atoms. The number of benzene rings is 1. The minimum Gasteiger partial charge on any atom is -0.508 e. The lowest BCUT2D eigenvalue weighted by atomic mass is 9.88. The number of phenols is 1. The van der Waals surface area contributed by atoms with Crippen molar-refractivity contribution in [3.8, 4) is 5.75 Å². The van der Waals surface area contributed by atoms with Crippen LogP contribution in [-0.2, 0) is 11.1 Å². The number of phenolic OH excluding ortho intramolecular Hbond substituents is 1. The van der Waals surface area contributed by atoms with Crippen molar-refractivity contribution in [2.75, 3.05) is 0 Å². The van der Waals surface area contributed by atoms with Crippen molar-refractivity contribution in [1.82, 2.24) is 0 Å². The second-order valence-electron chi connectivity index (χ2n) is 5.18. The highest BCUT2D eigenvalue weighted by Crippen LogP contribution is 2.30. The summed E-state index contributed by atoms with van der Waals surface area (Å²) >= 11 is 0. The van der Waals surface area contributed by atoms with E-state index in [9.17, 15) is 5.11 Å². The van der Waals surface area contributed by atoms with E-state index in [0.717, 1.165) is 11.1 Å². The van der Waals surface area contributed by atoms with Gasteiger partial charge in [-0.05, 0) is 45.4 Å². The van der Waals surface area contributed by atoms with Crippen molar-refractivity contribution in [2.45, 2.75) is 38.8 Å². The van der Waals surface area contributed by atoms with E-state index < -0.39 is 11.1 Å². The molecule has 0 saturated carbocycles. The summed E-state index contributed by atoms with van der Waals surface area (Å²) in [7, 11) is 0. The first kappa shape index (κ1) is 12.0. The van der Waals surface area contributed by atoms with Gasteiger partial charge in [-0.2, -0.15) is 0 Å². The molecular formula is C12H20N2O. The zero-order valence-electron chi connectivity index (χ0n) is 9.83. The molecule has 0 aliphatic heterocycles. The van der Waals surface area contributed by atoms with Crippen LogP contribution in [0.1, 0.15) is 38.8 Å². The van der Waals surface area contributed by atoms with Gasteiger partial charge >= 0.3 is 0 Å². The lowest BCUT2D eigenvalue weighted by molar-refractivity contribution is 0.438. The number of hydrogen-bond acceptors (Lipinski definition) is 3. The van der Waals surface area contributed by atoms with Crippen LogP contribution in [0.4, 0.5) is 0 Å². The molecule has 5 N–H and O–H groups in total. The monoisotopic (exact) mass is 208 g/mol. The van der Waals surface area contributed by atoms with Crippen molar-refractivity contribution in [3.63, 3.8) is 0 Å². The molecule has 3 nitrogen and oxygen atoms in total. The molecular weight excluding hydrogens is 188 g/mol. The molecule has 0 bridgehead atoms. The standard InChI is InChI=1S/C12H20N2O/c1-11(2,13)8-5-6-10(15)9(7-8)12(3,4)14/h5-7,15H,13-14H2,1-4H3. The van der Waals surface area contributed by atoms with Crippen LogP contribution in [0.3, 0.4) is 0 Å². The van der Waals surface area contributed by atoms with E-state index in [4.69, 9.17) is 11.5 Å². The van der Waals surface area contributed by atoms with Gasteiger partial charge in [0.25, 0.3) is 0 Å². The smallest absolute Gasteiger partial charge is 0.120 e. The summed E-state index contributed by atoms with van der Waals surface area (Å²) in [5.74, 6) is 0.218. The summed E-state index contributed by atoms with van der Waals surface area (Å²) in [6, 6.07) is 5.34. The summed E-state index contributed by atoms with van der Waals surface area (Å²) in [5, 5.41) is 9.72. The summed E-state index contributed by atoms with van der Waals surface area (Å²) in [5.41, 5.74) is 12.7. The predicted octanol–water partition coefficient (Wildman–Crippen LogP) is 1.78. The summed E-state index contributed by atoms with van der Waals surface area (Å²) in [6.07, 6.45) is 0. The molecule has 3 heteroatoms. The predicted molar refractivity (Wildman–Crippen MR) is 62.5 cm³/mol. The summed E-state index contributed by atoms with van der Waals surface area (Å²) in [4.78, 5) is 0. The molecule has 0 radical (unpaired) electrons. The maximum absolute atomic E-state index is 9.72. The maximum Gasteiger partial charge on any atom is 0.120 e. The summed E-state index contributed by atoms with van der Waals surface area (Å²) < 4.78 is 0. The van der Waals surface area contributed by atoms with Crippen LogP contribution in [0.25, 0.3) is 0 Å². The van der Waals surface area contributed by atoms with Gasteiger partial charge in [0.05, 0.1) is 0 Å². The SMILES string of the molecule is CC(C)(N)c1ccc(O)c(C(C)(C)N)c1. The Kier molecular flexibility index (Phi) is 2.81. The number of hydrogen-bond donors (Lipinski definition) is 3. The Balaban J connectivity index is 3.30. The van der Waals surface area contributed by atoms with Crippen molar-refractivity contribution in [3.05, 3.63) is 29.3 Å². The molecule has 84 valence electrons. The van der Waals surface area contributed by atoms with E-state index in [1.807, 2.05) is 39.8 Å². The third kappa shape index (κ3) is 2.70. The highest BCUT2D eigenvalue weighted by atomic mass is 16.3. The Morgan fingerprint density at radius 2 is 1.53 bits per heavy atom. The van der Waals surface area contributed by atoms with Crippen LogP contribution < -0.4 is 11.5 Å². The largest absolute Gasteiger partial charge is 0.508 e. The highest BCUT2D eigenvalue weighted by Gasteiger charge is 2.22. The number of aromatic hydroxyl groups is 1. The Morgan fingerprint density at radius 3 is 1.93 bits per heavy atom. The first-order valence-corrected chi connectivity index (χ1v) is 5.04. The zero-order chi connectivity index (χ0) is 11.9. The van der Waals surface area contributed by atoms with Crippen LogP contribution in [0.2, 0.25) is 0 Å². The van der Waals surface area contributed by atoms with Gasteiger partial charge < -0.3 is 16.6 Å². The normalized spacial score (nSPS) is 12.9. The van der Waals surface area contributed by atoms with Gasteiger partial charge in [0.2, 0.25) is 0 Å². The molecule has 0 amide bonds. The van der Waals surface area contributed by atoms with Gasteiger partial charge in [-0.15, -0.1) is 0 Å². The first-order chi connectivity index (χ1) is 6.62. The second-order valence-corrected chi connectivity index (χ2v) is 5.18. The molecule has 0 fully saturated rings. The van der Waals surface area contributed by atoms with Crippen molar-refractivity contribution < 1.29 is 5.11 Å². The van der Waals surface area contributed by atoms with Crippen LogP contribution in [0.15, 0.2) is 18.2 Å². The lowest BCUT2D eigenvalue weighted by Crippen LogP contribution is -2.32.